The van der Waals surface area contributed by atoms with Crippen LogP contribution in [0.15, 0.2) is 17.6 Å². The summed E-state index contributed by atoms with van der Waals surface area (Å²) >= 11 is 0. The first-order valence-electron chi connectivity index (χ1n) is 4.83. The van der Waals surface area contributed by atoms with Gasteiger partial charge in [0.05, 0.1) is 12.5 Å². The fourth-order valence-electron chi connectivity index (χ4n) is 1.69. The van der Waals surface area contributed by atoms with E-state index in [9.17, 15) is 8.42 Å². The maximum atomic E-state index is 12.1. The Bertz CT molecular complexity index is 414. The fourth-order valence-corrected chi connectivity index (χ4v) is 3.22. The van der Waals surface area contributed by atoms with E-state index in [1.807, 2.05) is 6.92 Å². The zero-order valence-corrected chi connectivity index (χ0v) is 9.29. The van der Waals surface area contributed by atoms with Gasteiger partial charge in [-0.15, -0.1) is 0 Å². The largest absolute Gasteiger partial charge is 0.335 e. The average molecular weight is 230 g/mol. The molecule has 1 fully saturated rings. The molecular weight excluding hydrogens is 216 g/mol. The van der Waals surface area contributed by atoms with Crippen molar-refractivity contribution in [1.29, 1.82) is 0 Å². The minimum absolute atomic E-state index is 0.0213. The van der Waals surface area contributed by atoms with E-state index in [0.29, 0.717) is 19.6 Å². The van der Waals surface area contributed by atoms with Gasteiger partial charge < -0.3 is 10.3 Å². The molecule has 1 aromatic heterocycles. The Labute approximate surface area is 88.7 Å². The Hall–Kier alpha value is -0.920. The van der Waals surface area contributed by atoms with E-state index in [0.717, 1.165) is 0 Å². The highest BCUT2D eigenvalue weighted by atomic mass is 32.2. The second kappa shape index (κ2) is 3.92. The van der Waals surface area contributed by atoms with Gasteiger partial charge in [-0.3, -0.25) is 0 Å². The van der Waals surface area contributed by atoms with E-state index in [1.165, 1.54) is 16.8 Å². The Kier molecular flexibility index (Phi) is 2.76. The number of nitrogens with zero attached hydrogens (tertiary/aromatic N) is 2. The number of piperazine rings is 1. The Balaban J connectivity index is 2.29. The van der Waals surface area contributed by atoms with Gasteiger partial charge in [0.2, 0.25) is 0 Å². The lowest BCUT2D eigenvalue weighted by atomic mass is 10.3. The lowest BCUT2D eigenvalue weighted by Crippen LogP contribution is -2.52. The molecule has 1 aliphatic rings. The monoisotopic (exact) mass is 230 g/mol. The summed E-state index contributed by atoms with van der Waals surface area (Å²) in [6, 6.07) is -0.0213. The number of rotatable bonds is 2. The van der Waals surface area contributed by atoms with Gasteiger partial charge in [-0.25, -0.2) is 13.4 Å². The minimum atomic E-state index is -3.39. The molecule has 15 heavy (non-hydrogen) atoms. The van der Waals surface area contributed by atoms with E-state index < -0.39 is 10.0 Å². The molecule has 2 rings (SSSR count). The number of hydrogen-bond acceptors (Lipinski definition) is 4. The number of hydrogen-bond donors (Lipinski definition) is 2. The van der Waals surface area contributed by atoms with Crippen LogP contribution >= 0.6 is 0 Å². The van der Waals surface area contributed by atoms with Crippen LogP contribution in [-0.4, -0.2) is 48.4 Å². The summed E-state index contributed by atoms with van der Waals surface area (Å²) in [5.74, 6) is 0. The number of aromatic amines is 1. The molecule has 0 aliphatic carbocycles. The molecule has 6 nitrogen and oxygen atoms in total. The summed E-state index contributed by atoms with van der Waals surface area (Å²) in [6.45, 7) is 3.77. The van der Waals surface area contributed by atoms with Gasteiger partial charge in [0.1, 0.15) is 0 Å². The summed E-state index contributed by atoms with van der Waals surface area (Å²) in [5, 5.41) is 3.31. The van der Waals surface area contributed by atoms with Crippen molar-refractivity contribution in [1.82, 2.24) is 19.6 Å². The predicted molar refractivity (Wildman–Crippen MR) is 54.8 cm³/mol. The number of imidazole rings is 1. The van der Waals surface area contributed by atoms with E-state index in [2.05, 4.69) is 15.3 Å². The molecule has 0 amide bonds. The summed E-state index contributed by atoms with van der Waals surface area (Å²) < 4.78 is 25.7. The first-order chi connectivity index (χ1) is 7.12. The fraction of sp³-hybridized carbons (Fsp3) is 0.625. The van der Waals surface area contributed by atoms with Crippen molar-refractivity contribution < 1.29 is 8.42 Å². The molecular formula is C8H14N4O2S. The molecule has 1 atom stereocenters. The average Bonchev–Trinajstić information content (AvgIpc) is 2.71. The Morgan fingerprint density at radius 3 is 3.00 bits per heavy atom. The second-order valence-electron chi connectivity index (χ2n) is 3.58. The zero-order valence-electron chi connectivity index (χ0n) is 8.47. The molecule has 0 bridgehead atoms. The quantitative estimate of drug-likeness (QED) is 0.710. The summed E-state index contributed by atoms with van der Waals surface area (Å²) in [6.07, 6.45) is 2.71. The minimum Gasteiger partial charge on any atom is -0.335 e. The molecule has 1 unspecified atom stereocenters. The van der Waals surface area contributed by atoms with Crippen LogP contribution in [0.25, 0.3) is 0 Å². The second-order valence-corrected chi connectivity index (χ2v) is 5.44. The van der Waals surface area contributed by atoms with Crippen molar-refractivity contribution in [2.75, 3.05) is 19.6 Å². The standard InChI is InChI=1S/C8H14N4O2S/c1-7-4-9-2-3-12(7)15(13,14)8-5-10-6-11-8/h5-7,9H,2-4H2,1H3,(H,10,11). The lowest BCUT2D eigenvalue weighted by molar-refractivity contribution is 0.283. The molecule has 7 heteroatoms. The van der Waals surface area contributed by atoms with E-state index in [-0.39, 0.29) is 11.1 Å². The Morgan fingerprint density at radius 2 is 2.40 bits per heavy atom. The topological polar surface area (TPSA) is 78.1 Å². The summed E-state index contributed by atoms with van der Waals surface area (Å²) in [4.78, 5) is 6.37. The molecule has 0 aromatic carbocycles. The highest BCUT2D eigenvalue weighted by Gasteiger charge is 2.31. The van der Waals surface area contributed by atoms with Crippen molar-refractivity contribution in [3.63, 3.8) is 0 Å². The van der Waals surface area contributed by atoms with Crippen LogP contribution in [0.2, 0.25) is 0 Å². The third-order valence-corrected chi connectivity index (χ3v) is 4.44. The highest BCUT2D eigenvalue weighted by Crippen LogP contribution is 2.16. The molecule has 0 saturated carbocycles. The highest BCUT2D eigenvalue weighted by molar-refractivity contribution is 7.89. The number of sulfonamides is 1. The predicted octanol–water partition coefficient (Wildman–Crippen LogP) is -0.608. The molecule has 1 aromatic rings. The van der Waals surface area contributed by atoms with Crippen molar-refractivity contribution in [3.05, 3.63) is 12.5 Å². The van der Waals surface area contributed by atoms with Crippen LogP contribution in [0.1, 0.15) is 6.92 Å². The molecule has 1 aliphatic heterocycles. The van der Waals surface area contributed by atoms with E-state index >= 15 is 0 Å². The van der Waals surface area contributed by atoms with E-state index in [1.54, 1.807) is 0 Å². The smallest absolute Gasteiger partial charge is 0.260 e. The normalized spacial score (nSPS) is 24.2. The van der Waals surface area contributed by atoms with Crippen LogP contribution in [0.4, 0.5) is 0 Å². The van der Waals surface area contributed by atoms with Gasteiger partial charge >= 0.3 is 0 Å². The van der Waals surface area contributed by atoms with Crippen LogP contribution in [0.5, 0.6) is 0 Å². The maximum absolute atomic E-state index is 12.1. The summed E-state index contributed by atoms with van der Waals surface area (Å²) in [7, 11) is -3.39. The number of nitrogens with one attached hydrogen (secondary N) is 2. The van der Waals surface area contributed by atoms with Crippen LogP contribution < -0.4 is 5.32 Å². The third-order valence-electron chi connectivity index (χ3n) is 2.50. The molecule has 0 spiro atoms. The van der Waals surface area contributed by atoms with Gasteiger partial charge in [-0.2, -0.15) is 4.31 Å². The first-order valence-corrected chi connectivity index (χ1v) is 6.27. The number of H-pyrrole nitrogens is 1. The molecule has 2 heterocycles. The lowest BCUT2D eigenvalue weighted by Gasteiger charge is -2.32. The third kappa shape index (κ3) is 1.90. The van der Waals surface area contributed by atoms with Gasteiger partial charge in [0.25, 0.3) is 10.0 Å². The maximum Gasteiger partial charge on any atom is 0.260 e. The van der Waals surface area contributed by atoms with Gasteiger partial charge in [-0.05, 0) is 6.92 Å². The summed E-state index contributed by atoms with van der Waals surface area (Å²) in [5.41, 5.74) is 0. The van der Waals surface area contributed by atoms with Crippen molar-refractivity contribution in [3.8, 4) is 0 Å². The van der Waals surface area contributed by atoms with Crippen LogP contribution in [0.3, 0.4) is 0 Å². The zero-order chi connectivity index (χ0) is 10.9. The van der Waals surface area contributed by atoms with Gasteiger partial charge in [0, 0.05) is 25.7 Å². The first kappa shape index (κ1) is 10.6. The van der Waals surface area contributed by atoms with Gasteiger partial charge in [-0.1, -0.05) is 0 Å². The molecule has 0 radical (unpaired) electrons. The molecule has 1 saturated heterocycles. The Morgan fingerprint density at radius 1 is 1.60 bits per heavy atom. The molecule has 2 N–H and O–H groups in total. The molecule has 84 valence electrons. The SMILES string of the molecule is CC1CNCCN1S(=O)(=O)c1cnc[nH]1. The van der Waals surface area contributed by atoms with Crippen molar-refractivity contribution in [2.24, 2.45) is 0 Å². The van der Waals surface area contributed by atoms with E-state index in [4.69, 9.17) is 0 Å². The van der Waals surface area contributed by atoms with Crippen LogP contribution in [-0.2, 0) is 10.0 Å². The number of aromatic nitrogens is 2. The van der Waals surface area contributed by atoms with Gasteiger partial charge in [0.15, 0.2) is 5.03 Å². The van der Waals surface area contributed by atoms with Crippen LogP contribution in [0, 0.1) is 0 Å². The van der Waals surface area contributed by atoms with Crippen molar-refractivity contribution in [2.45, 2.75) is 18.0 Å². The van der Waals surface area contributed by atoms with Crippen molar-refractivity contribution >= 4 is 10.0 Å².